The number of hydrogen-bond donors (Lipinski definition) is 1. The Labute approximate surface area is 175 Å². The van der Waals surface area contributed by atoms with E-state index in [2.05, 4.69) is 5.32 Å². The third-order valence-electron chi connectivity index (χ3n) is 4.29. The molecule has 0 spiro atoms. The van der Waals surface area contributed by atoms with Gasteiger partial charge in [-0.15, -0.1) is 0 Å². The second-order valence-electron chi connectivity index (χ2n) is 6.30. The van der Waals surface area contributed by atoms with Gasteiger partial charge in [-0.1, -0.05) is 48.3 Å². The molecule has 0 fully saturated rings. The van der Waals surface area contributed by atoms with Crippen molar-refractivity contribution in [2.75, 3.05) is 12.3 Å². The number of rotatable bonds is 9. The van der Waals surface area contributed by atoms with E-state index in [0.29, 0.717) is 23.0 Å². The molecule has 2 aromatic carbocycles. The van der Waals surface area contributed by atoms with Crippen LogP contribution >= 0.6 is 35.0 Å². The fraction of sp³-hybridized carbons (Fsp3) is 0.381. The fourth-order valence-corrected chi connectivity index (χ4v) is 3.63. The number of benzene rings is 2. The van der Waals surface area contributed by atoms with Gasteiger partial charge in [-0.05, 0) is 55.2 Å². The van der Waals surface area contributed by atoms with Crippen LogP contribution in [0.3, 0.4) is 0 Å². The van der Waals surface area contributed by atoms with E-state index in [-0.39, 0.29) is 5.91 Å². The highest BCUT2D eigenvalue weighted by Crippen LogP contribution is 2.25. The summed E-state index contributed by atoms with van der Waals surface area (Å²) in [7, 11) is 0. The lowest BCUT2D eigenvalue weighted by Gasteiger charge is -2.19. The van der Waals surface area contributed by atoms with Crippen LogP contribution in [0.25, 0.3) is 0 Å². The number of carbonyl (C=O) groups is 1. The van der Waals surface area contributed by atoms with Gasteiger partial charge in [0, 0.05) is 18.1 Å². The maximum atomic E-state index is 12.4. The fourth-order valence-electron chi connectivity index (χ4n) is 2.51. The van der Waals surface area contributed by atoms with Gasteiger partial charge in [-0.2, -0.15) is 11.8 Å². The highest BCUT2D eigenvalue weighted by molar-refractivity contribution is 7.98. The maximum absolute atomic E-state index is 12.4. The van der Waals surface area contributed by atoms with Gasteiger partial charge in [-0.3, -0.25) is 4.79 Å². The summed E-state index contributed by atoms with van der Waals surface area (Å²) in [6, 6.07) is 11.5. The number of hydrogen-bond acceptors (Lipinski definition) is 3. The van der Waals surface area contributed by atoms with E-state index in [1.54, 1.807) is 17.8 Å². The molecular formula is C21H25Cl2NO2S. The van der Waals surface area contributed by atoms with Crippen molar-refractivity contribution in [3.05, 3.63) is 63.1 Å². The summed E-state index contributed by atoms with van der Waals surface area (Å²) in [6.45, 7) is 6.59. The normalized spacial score (nSPS) is 11.9. The van der Waals surface area contributed by atoms with E-state index in [1.807, 2.05) is 51.1 Å². The van der Waals surface area contributed by atoms with Crippen molar-refractivity contribution < 1.29 is 9.53 Å². The topological polar surface area (TPSA) is 38.3 Å². The minimum atomic E-state index is -0.481. The molecule has 1 amide bonds. The Morgan fingerprint density at radius 2 is 1.96 bits per heavy atom. The molecule has 1 atom stereocenters. The van der Waals surface area contributed by atoms with Crippen LogP contribution in [0.2, 0.25) is 10.0 Å². The van der Waals surface area contributed by atoms with Gasteiger partial charge < -0.3 is 10.1 Å². The molecule has 0 heterocycles. The molecule has 3 nitrogen and oxygen atoms in total. The van der Waals surface area contributed by atoms with E-state index in [0.717, 1.165) is 33.9 Å². The van der Waals surface area contributed by atoms with Gasteiger partial charge in [0.15, 0.2) is 6.10 Å². The first-order chi connectivity index (χ1) is 12.9. The summed E-state index contributed by atoms with van der Waals surface area (Å²) in [5.41, 5.74) is 3.34. The summed E-state index contributed by atoms with van der Waals surface area (Å²) in [6.07, 6.45) is 0.140. The Morgan fingerprint density at radius 3 is 2.67 bits per heavy atom. The van der Waals surface area contributed by atoms with E-state index >= 15 is 0 Å². The molecule has 0 aliphatic heterocycles. The third kappa shape index (κ3) is 6.63. The van der Waals surface area contributed by atoms with Crippen LogP contribution in [0, 0.1) is 13.8 Å². The smallest absolute Gasteiger partial charge is 0.261 e. The molecule has 2 aromatic rings. The van der Waals surface area contributed by atoms with Gasteiger partial charge in [0.2, 0.25) is 0 Å². The van der Waals surface area contributed by atoms with Crippen LogP contribution in [0.5, 0.6) is 5.75 Å². The largest absolute Gasteiger partial charge is 0.480 e. The van der Waals surface area contributed by atoms with Crippen molar-refractivity contribution in [3.8, 4) is 5.75 Å². The quantitative estimate of drug-likeness (QED) is 0.514. The van der Waals surface area contributed by atoms with Crippen LogP contribution in [0.1, 0.15) is 30.0 Å². The Balaban J connectivity index is 1.76. The van der Waals surface area contributed by atoms with Gasteiger partial charge in [0.1, 0.15) is 5.75 Å². The van der Waals surface area contributed by atoms with Gasteiger partial charge in [0.25, 0.3) is 5.91 Å². The molecule has 0 aliphatic carbocycles. The second-order valence-corrected chi connectivity index (χ2v) is 8.22. The second kappa shape index (κ2) is 10.8. The average Bonchev–Trinajstić information content (AvgIpc) is 2.65. The Hall–Kier alpha value is -1.36. The summed E-state index contributed by atoms with van der Waals surface area (Å²) in [4.78, 5) is 12.4. The highest BCUT2D eigenvalue weighted by atomic mass is 35.5. The predicted molar refractivity (Wildman–Crippen MR) is 116 cm³/mol. The summed E-state index contributed by atoms with van der Waals surface area (Å²) >= 11 is 13.7. The van der Waals surface area contributed by atoms with Crippen molar-refractivity contribution in [1.82, 2.24) is 5.32 Å². The number of ether oxygens (including phenoxy) is 1. The van der Waals surface area contributed by atoms with Crippen LogP contribution < -0.4 is 10.1 Å². The summed E-state index contributed by atoms with van der Waals surface area (Å²) in [5.74, 6) is 2.33. The molecule has 2 rings (SSSR count). The van der Waals surface area contributed by atoms with Gasteiger partial charge in [0.05, 0.1) is 10.0 Å². The number of carbonyl (C=O) groups excluding carboxylic acids is 1. The van der Waals surface area contributed by atoms with Gasteiger partial charge >= 0.3 is 0 Å². The standard InChI is InChI=1S/C21H25Cl2NO2S/c1-4-19(26-20-7-5-6-14(2)15(20)3)21(25)24-10-11-27-13-16-8-9-17(22)18(23)12-16/h5-9,12,19H,4,10-11,13H2,1-3H3,(H,24,25). The first-order valence-corrected chi connectivity index (χ1v) is 10.9. The Bertz CT molecular complexity index is 783. The number of halogens is 2. The molecule has 1 unspecified atom stereocenters. The zero-order valence-corrected chi connectivity index (χ0v) is 18.2. The minimum absolute atomic E-state index is 0.0754. The summed E-state index contributed by atoms with van der Waals surface area (Å²) in [5, 5.41) is 4.09. The lowest BCUT2D eigenvalue weighted by Crippen LogP contribution is -2.39. The molecule has 0 radical (unpaired) electrons. The van der Waals surface area contributed by atoms with Crippen molar-refractivity contribution in [2.24, 2.45) is 0 Å². The lowest BCUT2D eigenvalue weighted by atomic mass is 10.1. The lowest BCUT2D eigenvalue weighted by molar-refractivity contribution is -0.128. The molecule has 0 aromatic heterocycles. The van der Waals surface area contributed by atoms with Crippen molar-refractivity contribution in [3.63, 3.8) is 0 Å². The number of amides is 1. The number of aryl methyl sites for hydroxylation is 1. The number of thioether (sulfide) groups is 1. The zero-order valence-electron chi connectivity index (χ0n) is 15.9. The van der Waals surface area contributed by atoms with Crippen LogP contribution in [0.4, 0.5) is 0 Å². The van der Waals surface area contributed by atoms with E-state index in [4.69, 9.17) is 27.9 Å². The molecule has 0 aliphatic rings. The van der Waals surface area contributed by atoms with Crippen molar-refractivity contribution in [1.29, 1.82) is 0 Å². The minimum Gasteiger partial charge on any atom is -0.480 e. The Kier molecular flexibility index (Phi) is 8.81. The zero-order chi connectivity index (χ0) is 19.8. The molecule has 146 valence electrons. The van der Waals surface area contributed by atoms with Crippen molar-refractivity contribution in [2.45, 2.75) is 39.0 Å². The molecule has 1 N–H and O–H groups in total. The van der Waals surface area contributed by atoms with Crippen LogP contribution in [-0.2, 0) is 10.5 Å². The van der Waals surface area contributed by atoms with E-state index in [1.165, 1.54) is 0 Å². The molecule has 6 heteroatoms. The number of nitrogens with one attached hydrogen (secondary N) is 1. The molecular weight excluding hydrogens is 401 g/mol. The monoisotopic (exact) mass is 425 g/mol. The van der Waals surface area contributed by atoms with Crippen LogP contribution in [0.15, 0.2) is 36.4 Å². The predicted octanol–water partition coefficient (Wildman–Crippen LogP) is 5.82. The SMILES string of the molecule is CCC(Oc1cccc(C)c1C)C(=O)NCCSCc1ccc(Cl)c(Cl)c1. The highest BCUT2D eigenvalue weighted by Gasteiger charge is 2.18. The Morgan fingerprint density at radius 1 is 1.19 bits per heavy atom. The van der Waals surface area contributed by atoms with E-state index < -0.39 is 6.10 Å². The van der Waals surface area contributed by atoms with Crippen molar-refractivity contribution >= 4 is 40.9 Å². The molecule has 0 saturated heterocycles. The first-order valence-electron chi connectivity index (χ1n) is 8.94. The molecule has 0 bridgehead atoms. The first kappa shape index (κ1) is 21.9. The molecule has 0 saturated carbocycles. The summed E-state index contributed by atoms with van der Waals surface area (Å²) < 4.78 is 5.94. The van der Waals surface area contributed by atoms with Crippen LogP contribution in [-0.4, -0.2) is 24.3 Å². The van der Waals surface area contributed by atoms with Gasteiger partial charge in [-0.25, -0.2) is 0 Å². The maximum Gasteiger partial charge on any atom is 0.261 e. The average molecular weight is 426 g/mol. The van der Waals surface area contributed by atoms with E-state index in [9.17, 15) is 4.79 Å². The molecule has 27 heavy (non-hydrogen) atoms. The third-order valence-corrected chi connectivity index (χ3v) is 6.06.